The highest BCUT2D eigenvalue weighted by Crippen LogP contribution is 2.18. The summed E-state index contributed by atoms with van der Waals surface area (Å²) in [7, 11) is 5.40. The summed E-state index contributed by atoms with van der Waals surface area (Å²) in [5.74, 6) is -0.396. The zero-order valence-corrected chi connectivity index (χ0v) is 26.8. The van der Waals surface area contributed by atoms with Gasteiger partial charge in [0.15, 0.2) is 6.29 Å². The topological polar surface area (TPSA) is 148 Å². The molecule has 238 valence electrons. The number of nitrogens with zero attached hydrogens (tertiary/aromatic N) is 4. The van der Waals surface area contributed by atoms with Crippen LogP contribution in [0.3, 0.4) is 0 Å². The maximum atomic E-state index is 13.5. The highest BCUT2D eigenvalue weighted by Gasteiger charge is 2.20. The molecular weight excluding hydrogens is 546 g/mol. The molecule has 0 aromatic rings. The van der Waals surface area contributed by atoms with Gasteiger partial charge in [-0.05, 0) is 84.1 Å². The molecule has 0 radical (unpaired) electrons. The van der Waals surface area contributed by atoms with E-state index < -0.39 is 5.91 Å². The Morgan fingerprint density at radius 3 is 2.47 bits per heavy atom. The molecule has 0 fully saturated rings. The molecule has 0 heterocycles. The number of aldehydes is 1. The lowest BCUT2D eigenvalue weighted by Crippen LogP contribution is -2.29. The van der Waals surface area contributed by atoms with Crippen molar-refractivity contribution in [1.82, 2.24) is 20.9 Å². The second-order valence-electron chi connectivity index (χ2n) is 9.88. The number of nitriles is 1. The summed E-state index contributed by atoms with van der Waals surface area (Å²) >= 11 is 0. The smallest absolute Gasteiger partial charge is 0.251 e. The molecule has 0 aliphatic heterocycles. The number of hydrogen-bond donors (Lipinski definition) is 3. The van der Waals surface area contributed by atoms with Crippen molar-refractivity contribution in [3.8, 4) is 6.07 Å². The van der Waals surface area contributed by atoms with E-state index in [1.54, 1.807) is 25.3 Å². The molecule has 2 atom stereocenters. The molecule has 0 aliphatic rings. The third kappa shape index (κ3) is 15.9. The average molecular weight is 598 g/mol. The van der Waals surface area contributed by atoms with E-state index in [0.29, 0.717) is 75.0 Å². The maximum absolute atomic E-state index is 13.5. The van der Waals surface area contributed by atoms with Crippen molar-refractivity contribution in [1.29, 1.82) is 5.26 Å². The molecule has 0 rings (SSSR count). The predicted molar refractivity (Wildman–Crippen MR) is 174 cm³/mol. The first-order valence-corrected chi connectivity index (χ1v) is 14.8. The van der Waals surface area contributed by atoms with Crippen LogP contribution in [0, 0.1) is 11.3 Å². The fourth-order valence-electron chi connectivity index (χ4n) is 4.27. The molecule has 0 saturated carbocycles. The molecule has 0 aromatic heterocycles. The summed E-state index contributed by atoms with van der Waals surface area (Å²) in [6.45, 7) is 11.8. The van der Waals surface area contributed by atoms with E-state index in [2.05, 4.69) is 40.7 Å². The third-order valence-electron chi connectivity index (χ3n) is 6.70. The van der Waals surface area contributed by atoms with Crippen molar-refractivity contribution in [2.24, 2.45) is 9.98 Å². The van der Waals surface area contributed by atoms with Gasteiger partial charge < -0.3 is 25.6 Å². The molecule has 43 heavy (non-hydrogen) atoms. The Morgan fingerprint density at radius 1 is 1.19 bits per heavy atom. The number of ether oxygens (including phenoxy) is 1. The van der Waals surface area contributed by atoms with E-state index in [-0.39, 0.29) is 23.4 Å². The molecule has 0 aliphatic carbocycles. The summed E-state index contributed by atoms with van der Waals surface area (Å²) in [6, 6.07) is 2.02. The minimum Gasteiger partial charge on any atom is -0.379 e. The number of methoxy groups -OCH3 is 1. The van der Waals surface area contributed by atoms with Gasteiger partial charge >= 0.3 is 0 Å². The summed E-state index contributed by atoms with van der Waals surface area (Å²) in [5.41, 5.74) is 1.84. The average Bonchev–Trinajstić information content (AvgIpc) is 3.01. The monoisotopic (exact) mass is 597 g/mol. The van der Waals surface area contributed by atoms with Gasteiger partial charge in [-0.1, -0.05) is 26.3 Å². The first-order chi connectivity index (χ1) is 20.8. The van der Waals surface area contributed by atoms with Gasteiger partial charge in [-0.3, -0.25) is 24.4 Å². The Kier molecular flexibility index (Phi) is 22.7. The number of carbonyl (C=O) groups is 3. The predicted octanol–water partition coefficient (Wildman–Crippen LogP) is 3.27. The Hall–Kier alpha value is -3.72. The van der Waals surface area contributed by atoms with E-state index in [4.69, 9.17) is 9.73 Å². The lowest BCUT2D eigenvalue weighted by molar-refractivity contribution is -0.116. The van der Waals surface area contributed by atoms with Gasteiger partial charge in [0.1, 0.15) is 11.8 Å². The van der Waals surface area contributed by atoms with Crippen LogP contribution in [0.2, 0.25) is 0 Å². The van der Waals surface area contributed by atoms with Crippen LogP contribution in [0.15, 0.2) is 56.8 Å². The Bertz CT molecular complexity index is 1060. The van der Waals surface area contributed by atoms with Crippen molar-refractivity contribution in [2.75, 3.05) is 47.4 Å². The van der Waals surface area contributed by atoms with Gasteiger partial charge in [0.2, 0.25) is 6.41 Å². The standard InChI is InChI=1S/C32H51N7O4/c1-8-12-29(38-28(10-3)31(43-7)13-9-2)27(21-33)22-37-32(42)26(14-11-16-34-4)20-25(30(23-40)35-5)15-18-39(6)19-17-36-24-41/h8,12,20,22-24,28,31,34H,5,9-11,13-19H2,1-4,6-7H3,(H,36,41)(H,37,42)/b12-8+,26-20-,27-22?,30-25-,38-29?. The van der Waals surface area contributed by atoms with Crippen LogP contribution in [0.25, 0.3) is 0 Å². The highest BCUT2D eigenvalue weighted by atomic mass is 16.5. The molecule has 11 nitrogen and oxygen atoms in total. The zero-order chi connectivity index (χ0) is 32.5. The number of likely N-dealkylation sites (N-methyl/N-ethyl adjacent to an activating group) is 1. The molecular formula is C32H51N7O4. The SMILES string of the molecule is C=N/C(C=O)=C(\C=C(\CCCNC)C(=O)NC=C(C#N)C(/C=C/C)=NC(CC)C(CCC)OC)CCN(C)CCNC=O. The Labute approximate surface area is 257 Å². The van der Waals surface area contributed by atoms with Gasteiger partial charge in [-0.2, -0.15) is 5.26 Å². The Balaban J connectivity index is 6.38. The summed E-state index contributed by atoms with van der Waals surface area (Å²) < 4.78 is 5.67. The number of carbonyl (C=O) groups excluding carboxylic acids is 3. The van der Waals surface area contributed by atoms with E-state index in [0.717, 1.165) is 19.3 Å². The molecule has 2 amide bonds. The van der Waals surface area contributed by atoms with E-state index in [1.807, 2.05) is 32.8 Å². The fourth-order valence-corrected chi connectivity index (χ4v) is 4.27. The van der Waals surface area contributed by atoms with Crippen LogP contribution in [0.4, 0.5) is 0 Å². The molecule has 0 aromatic carbocycles. The number of allylic oxidation sites excluding steroid dienone is 5. The lowest BCUT2D eigenvalue weighted by Gasteiger charge is -2.22. The largest absolute Gasteiger partial charge is 0.379 e. The number of nitrogens with one attached hydrogen (secondary N) is 3. The van der Waals surface area contributed by atoms with E-state index in [1.165, 1.54) is 6.20 Å². The van der Waals surface area contributed by atoms with E-state index in [9.17, 15) is 19.6 Å². The number of hydrogen-bond acceptors (Lipinski definition) is 9. The highest BCUT2D eigenvalue weighted by molar-refractivity contribution is 6.11. The first kappa shape index (κ1) is 39.3. The fraction of sp³-hybridized carbons (Fsp3) is 0.562. The number of aliphatic imine (C=N–C) groups is 2. The van der Waals surface area contributed by atoms with Gasteiger partial charge in [0.05, 0.1) is 23.4 Å². The van der Waals surface area contributed by atoms with Crippen LogP contribution in [-0.4, -0.2) is 95.5 Å². The molecule has 2 unspecified atom stereocenters. The van der Waals surface area contributed by atoms with Crippen LogP contribution in [0.5, 0.6) is 0 Å². The van der Waals surface area contributed by atoms with Crippen LogP contribution in [-0.2, 0) is 19.1 Å². The van der Waals surface area contributed by atoms with Gasteiger partial charge in [0, 0.05) is 38.5 Å². The van der Waals surface area contributed by atoms with Crippen LogP contribution in [0.1, 0.15) is 59.3 Å². The number of rotatable bonds is 24. The van der Waals surface area contributed by atoms with Gasteiger partial charge in [0.25, 0.3) is 5.91 Å². The minimum atomic E-state index is -0.396. The summed E-state index contributed by atoms with van der Waals surface area (Å²) in [5, 5.41) is 18.5. The van der Waals surface area contributed by atoms with Crippen molar-refractivity contribution >= 4 is 31.0 Å². The molecule has 0 bridgehead atoms. The van der Waals surface area contributed by atoms with E-state index >= 15 is 0 Å². The second kappa shape index (κ2) is 24.8. The van der Waals surface area contributed by atoms with Gasteiger partial charge in [-0.15, -0.1) is 0 Å². The molecule has 0 saturated heterocycles. The minimum absolute atomic E-state index is 0.0810. The van der Waals surface area contributed by atoms with Crippen molar-refractivity contribution < 1.29 is 19.1 Å². The quantitative estimate of drug-likeness (QED) is 0.0386. The normalized spacial score (nSPS) is 14.6. The van der Waals surface area contributed by atoms with Crippen LogP contribution >= 0.6 is 0 Å². The van der Waals surface area contributed by atoms with Crippen molar-refractivity contribution in [3.05, 3.63) is 46.8 Å². The molecule has 0 spiro atoms. The molecule has 3 N–H and O–H groups in total. The Morgan fingerprint density at radius 2 is 1.93 bits per heavy atom. The molecule has 11 heteroatoms. The van der Waals surface area contributed by atoms with Crippen molar-refractivity contribution in [2.45, 2.75) is 71.4 Å². The van der Waals surface area contributed by atoms with Crippen LogP contribution < -0.4 is 16.0 Å². The van der Waals surface area contributed by atoms with Gasteiger partial charge in [-0.25, -0.2) is 0 Å². The number of amides is 2. The van der Waals surface area contributed by atoms with Crippen molar-refractivity contribution in [3.63, 3.8) is 0 Å². The third-order valence-corrected chi connectivity index (χ3v) is 6.70. The lowest BCUT2D eigenvalue weighted by atomic mass is 10.0. The maximum Gasteiger partial charge on any atom is 0.251 e. The summed E-state index contributed by atoms with van der Waals surface area (Å²) in [4.78, 5) is 46.5. The second-order valence-corrected chi connectivity index (χ2v) is 9.88. The zero-order valence-electron chi connectivity index (χ0n) is 26.8. The summed E-state index contributed by atoms with van der Waals surface area (Å²) in [6.07, 6.45) is 11.9. The first-order valence-electron chi connectivity index (χ1n) is 14.8.